The van der Waals surface area contributed by atoms with Crippen LogP contribution in [-0.2, 0) is 0 Å². The molecule has 1 heterocycles. The summed E-state index contributed by atoms with van der Waals surface area (Å²) in [6.07, 6.45) is 8.30. The molecule has 0 radical (unpaired) electrons. The summed E-state index contributed by atoms with van der Waals surface area (Å²) in [5.74, 6) is 0.933. The van der Waals surface area contributed by atoms with Gasteiger partial charge in [0.05, 0.1) is 0 Å². The lowest BCUT2D eigenvalue weighted by Crippen LogP contribution is -2.57. The third-order valence-corrected chi connectivity index (χ3v) is 3.49. The first kappa shape index (κ1) is 15.9. The molecule has 0 amide bonds. The van der Waals surface area contributed by atoms with Crippen molar-refractivity contribution in [1.29, 1.82) is 0 Å². The van der Waals surface area contributed by atoms with Crippen molar-refractivity contribution in [3.63, 3.8) is 0 Å². The molecule has 0 bridgehead atoms. The topological polar surface area (TPSA) is 47.0 Å². The highest BCUT2D eigenvalue weighted by Gasteiger charge is 2.36. The molecule has 1 aliphatic rings. The minimum absolute atomic E-state index is 0. The van der Waals surface area contributed by atoms with E-state index < -0.39 is 0 Å². The molecule has 0 aromatic heterocycles. The average Bonchev–Trinajstić information content (AvgIpc) is 1.98. The van der Waals surface area contributed by atoms with Gasteiger partial charge >= 0.3 is 0 Å². The minimum Gasteiger partial charge on any atom is -0.344 e. The van der Waals surface area contributed by atoms with Gasteiger partial charge in [-0.05, 0) is 46.5 Å². The second-order valence-electron chi connectivity index (χ2n) is 6.66. The number of unbranched alkanes of at least 4 members (excludes halogenated alkanes) is 2. The van der Waals surface area contributed by atoms with Gasteiger partial charge in [0.2, 0.25) is 0 Å². The Balaban J connectivity index is 0.00000225. The highest BCUT2D eigenvalue weighted by Crippen LogP contribution is 2.35. The Hall–Kier alpha value is -0.0800. The Labute approximate surface area is 102 Å². The fourth-order valence-corrected chi connectivity index (χ4v) is 3.42. The van der Waals surface area contributed by atoms with Crippen molar-refractivity contribution < 1.29 is 0 Å². The lowest BCUT2D eigenvalue weighted by molar-refractivity contribution is 0.122. The average molecular weight is 228 g/mol. The molecule has 2 nitrogen and oxygen atoms in total. The summed E-state index contributed by atoms with van der Waals surface area (Å²) in [6, 6.07) is 0. The molecule has 0 atom stereocenters. The molecule has 98 valence electrons. The zero-order valence-electron chi connectivity index (χ0n) is 12.0. The van der Waals surface area contributed by atoms with Gasteiger partial charge in [0.1, 0.15) is 0 Å². The van der Waals surface area contributed by atoms with Crippen molar-refractivity contribution in [2.45, 2.75) is 84.2 Å². The van der Waals surface area contributed by atoms with Crippen molar-refractivity contribution in [2.24, 2.45) is 5.92 Å². The van der Waals surface area contributed by atoms with Crippen molar-refractivity contribution in [1.82, 2.24) is 11.5 Å². The monoisotopic (exact) mass is 228 g/mol. The standard InChI is InChI=1S/C14H29N.H3N/c1-6-7-8-9-12-10-13(2,3)15-14(4,5)11-12;/h12,15H,6-11H2,1-5H3;1H3. The SMILES string of the molecule is CCCCCC1CC(C)(C)NC(C)(C)C1.N. The summed E-state index contributed by atoms with van der Waals surface area (Å²) >= 11 is 0. The van der Waals surface area contributed by atoms with E-state index in [0.29, 0.717) is 11.1 Å². The van der Waals surface area contributed by atoms with Crippen LogP contribution in [0.25, 0.3) is 0 Å². The first-order valence-electron chi connectivity index (χ1n) is 6.64. The summed E-state index contributed by atoms with van der Waals surface area (Å²) in [5, 5.41) is 3.75. The Bertz CT molecular complexity index is 181. The van der Waals surface area contributed by atoms with Crippen LogP contribution in [-0.4, -0.2) is 11.1 Å². The zero-order chi connectivity index (χ0) is 11.5. The highest BCUT2D eigenvalue weighted by molar-refractivity contribution is 4.96. The predicted molar refractivity (Wildman–Crippen MR) is 73.2 cm³/mol. The molecule has 0 unspecified atom stereocenters. The third kappa shape index (κ3) is 5.31. The van der Waals surface area contributed by atoms with Crippen LogP contribution in [0.4, 0.5) is 0 Å². The summed E-state index contributed by atoms with van der Waals surface area (Å²) < 4.78 is 0. The maximum absolute atomic E-state index is 3.75. The molecule has 4 N–H and O–H groups in total. The van der Waals surface area contributed by atoms with Crippen molar-refractivity contribution in [3.05, 3.63) is 0 Å². The Morgan fingerprint density at radius 1 is 1.00 bits per heavy atom. The molecular formula is C14H32N2. The van der Waals surface area contributed by atoms with Crippen LogP contribution < -0.4 is 11.5 Å². The number of piperidine rings is 1. The maximum Gasteiger partial charge on any atom is 0.0132 e. The largest absolute Gasteiger partial charge is 0.344 e. The van der Waals surface area contributed by atoms with E-state index in [-0.39, 0.29) is 6.15 Å². The number of rotatable bonds is 4. The Morgan fingerprint density at radius 2 is 1.50 bits per heavy atom. The lowest BCUT2D eigenvalue weighted by atomic mass is 9.74. The van der Waals surface area contributed by atoms with Gasteiger partial charge in [0.25, 0.3) is 0 Å². The van der Waals surface area contributed by atoms with Crippen LogP contribution in [0.15, 0.2) is 0 Å². The lowest BCUT2D eigenvalue weighted by Gasteiger charge is -2.46. The van der Waals surface area contributed by atoms with E-state index in [0.717, 1.165) is 5.92 Å². The molecule has 16 heavy (non-hydrogen) atoms. The molecular weight excluding hydrogens is 196 g/mol. The Morgan fingerprint density at radius 3 is 1.94 bits per heavy atom. The van der Waals surface area contributed by atoms with Crippen molar-refractivity contribution in [3.8, 4) is 0 Å². The van der Waals surface area contributed by atoms with E-state index >= 15 is 0 Å². The van der Waals surface area contributed by atoms with E-state index in [1.54, 1.807) is 0 Å². The van der Waals surface area contributed by atoms with Gasteiger partial charge in [-0.1, -0.05) is 32.6 Å². The molecule has 0 aromatic carbocycles. The van der Waals surface area contributed by atoms with Crippen LogP contribution in [0.5, 0.6) is 0 Å². The first-order valence-corrected chi connectivity index (χ1v) is 6.64. The summed E-state index contributed by atoms with van der Waals surface area (Å²) in [5.41, 5.74) is 0.664. The number of hydrogen-bond donors (Lipinski definition) is 2. The van der Waals surface area contributed by atoms with Gasteiger partial charge in [-0.15, -0.1) is 0 Å². The van der Waals surface area contributed by atoms with Gasteiger partial charge in [-0.25, -0.2) is 0 Å². The van der Waals surface area contributed by atoms with E-state index in [1.807, 2.05) is 0 Å². The molecule has 0 saturated carbocycles. The molecule has 1 aliphatic heterocycles. The van der Waals surface area contributed by atoms with Crippen molar-refractivity contribution >= 4 is 0 Å². The van der Waals surface area contributed by atoms with Crippen molar-refractivity contribution in [2.75, 3.05) is 0 Å². The predicted octanol–water partition coefficient (Wildman–Crippen LogP) is 4.29. The molecule has 2 heteroatoms. The maximum atomic E-state index is 3.75. The van der Waals surface area contributed by atoms with Crippen LogP contribution in [0.1, 0.15) is 73.1 Å². The normalized spacial score (nSPS) is 23.8. The third-order valence-electron chi connectivity index (χ3n) is 3.49. The Kier molecular flexibility index (Phi) is 5.99. The molecule has 0 aromatic rings. The van der Waals surface area contributed by atoms with E-state index in [2.05, 4.69) is 39.9 Å². The van der Waals surface area contributed by atoms with E-state index in [4.69, 9.17) is 0 Å². The summed E-state index contributed by atoms with van der Waals surface area (Å²) in [7, 11) is 0. The minimum atomic E-state index is 0. The molecule has 1 rings (SSSR count). The smallest absolute Gasteiger partial charge is 0.0132 e. The van der Waals surface area contributed by atoms with Gasteiger partial charge in [0, 0.05) is 11.1 Å². The van der Waals surface area contributed by atoms with Crippen LogP contribution in [0.2, 0.25) is 0 Å². The van der Waals surface area contributed by atoms with E-state index in [9.17, 15) is 0 Å². The molecule has 1 saturated heterocycles. The van der Waals surface area contributed by atoms with Gasteiger partial charge in [0.15, 0.2) is 0 Å². The second kappa shape index (κ2) is 6.02. The quantitative estimate of drug-likeness (QED) is 0.705. The fraction of sp³-hybridized carbons (Fsp3) is 1.00. The fourth-order valence-electron chi connectivity index (χ4n) is 3.42. The first-order chi connectivity index (χ1) is 6.85. The summed E-state index contributed by atoms with van der Waals surface area (Å²) in [4.78, 5) is 0. The molecule has 1 fully saturated rings. The van der Waals surface area contributed by atoms with Crippen LogP contribution in [0.3, 0.4) is 0 Å². The number of hydrogen-bond acceptors (Lipinski definition) is 2. The van der Waals surface area contributed by atoms with Gasteiger partial charge in [-0.2, -0.15) is 0 Å². The zero-order valence-corrected chi connectivity index (χ0v) is 12.0. The van der Waals surface area contributed by atoms with E-state index in [1.165, 1.54) is 38.5 Å². The highest BCUT2D eigenvalue weighted by atomic mass is 15.0. The van der Waals surface area contributed by atoms with Gasteiger partial charge in [-0.3, -0.25) is 0 Å². The second-order valence-corrected chi connectivity index (χ2v) is 6.66. The molecule has 0 spiro atoms. The van der Waals surface area contributed by atoms with Crippen LogP contribution in [0, 0.1) is 5.92 Å². The summed E-state index contributed by atoms with van der Waals surface area (Å²) in [6.45, 7) is 11.7. The van der Waals surface area contributed by atoms with Gasteiger partial charge < -0.3 is 11.5 Å². The number of nitrogens with one attached hydrogen (secondary N) is 1. The van der Waals surface area contributed by atoms with Crippen LogP contribution >= 0.6 is 0 Å². The molecule has 0 aliphatic carbocycles.